The van der Waals surface area contributed by atoms with Crippen molar-refractivity contribution in [2.24, 2.45) is 0 Å². The van der Waals surface area contributed by atoms with Crippen LogP contribution in [0.3, 0.4) is 0 Å². The number of esters is 4. The zero-order chi connectivity index (χ0) is 47.7. The highest BCUT2D eigenvalue weighted by Crippen LogP contribution is 2.31. The van der Waals surface area contributed by atoms with Gasteiger partial charge < -0.3 is 58.7 Å². The van der Waals surface area contributed by atoms with Crippen LogP contribution in [0.2, 0.25) is 0 Å². The minimum absolute atomic E-state index is 0. The lowest BCUT2D eigenvalue weighted by molar-refractivity contribution is -0.249. The van der Waals surface area contributed by atoms with Crippen molar-refractivity contribution in [2.75, 3.05) is 19.8 Å². The molecule has 5 N–H and O–H groups in total. The Morgan fingerprint density at radius 2 is 0.889 bits per heavy atom. The first kappa shape index (κ1) is 65.4. The molecule has 2 rings (SSSR count). The number of rotatable bonds is 25. The summed E-state index contributed by atoms with van der Waals surface area (Å²) < 4.78 is 40.1. The van der Waals surface area contributed by atoms with E-state index < -0.39 is 54.7 Å². The zero-order valence-corrected chi connectivity index (χ0v) is 39.1. The van der Waals surface area contributed by atoms with Crippen LogP contribution in [0.5, 0.6) is 0 Å². The molecule has 0 saturated carbocycles. The van der Waals surface area contributed by atoms with Crippen molar-refractivity contribution in [2.45, 2.75) is 214 Å². The smallest absolute Gasteiger partial charge is 0.306 e. The second-order valence-corrected chi connectivity index (χ2v) is 14.4. The highest BCUT2D eigenvalue weighted by Gasteiger charge is 2.42. The number of aliphatic carboxylic acids is 3. The van der Waals surface area contributed by atoms with Crippen molar-refractivity contribution in [3.63, 3.8) is 0 Å². The van der Waals surface area contributed by atoms with Gasteiger partial charge in [0.25, 0.3) is 0 Å². The van der Waals surface area contributed by atoms with E-state index in [1.54, 1.807) is 0 Å². The van der Waals surface area contributed by atoms with Gasteiger partial charge in [-0.1, -0.05) is 55.4 Å². The van der Waals surface area contributed by atoms with E-state index in [0.29, 0.717) is 96.3 Å². The van der Waals surface area contributed by atoms with Crippen molar-refractivity contribution in [1.29, 1.82) is 0 Å². The Labute approximate surface area is 373 Å². The van der Waals surface area contributed by atoms with Gasteiger partial charge in [0.2, 0.25) is 0 Å². The van der Waals surface area contributed by atoms with Crippen LogP contribution in [0.15, 0.2) is 0 Å². The summed E-state index contributed by atoms with van der Waals surface area (Å²) in [6.45, 7) is 15.2. The third-order valence-corrected chi connectivity index (χ3v) is 8.11. The zero-order valence-electron chi connectivity index (χ0n) is 39.1. The molecular formula is C44H80O19. The number of aldehydes is 1. The lowest BCUT2D eigenvalue weighted by Crippen LogP contribution is -2.44. The van der Waals surface area contributed by atoms with Gasteiger partial charge in [0.05, 0.1) is 18.3 Å². The van der Waals surface area contributed by atoms with Crippen molar-refractivity contribution >= 4 is 48.1 Å². The minimum atomic E-state index is -0.767. The van der Waals surface area contributed by atoms with Gasteiger partial charge in [0.15, 0.2) is 6.29 Å². The molecule has 19 heteroatoms. The number of unbranched alkanes of at least 4 members (excludes halogenated alkanes) is 1. The summed E-state index contributed by atoms with van der Waals surface area (Å²) in [5.41, 5.74) is 0. The normalized spacial score (nSPS) is 19.4. The van der Waals surface area contributed by atoms with Gasteiger partial charge in [0.1, 0.15) is 38.3 Å². The first-order valence-corrected chi connectivity index (χ1v) is 22.2. The fourth-order valence-corrected chi connectivity index (χ4v) is 5.20. The fraction of sp³-hybridized carbons (Fsp3) is 0.818. The molecule has 0 aliphatic carbocycles. The predicted octanol–water partition coefficient (Wildman–Crippen LogP) is 6.55. The van der Waals surface area contributed by atoms with E-state index in [1.165, 1.54) is 0 Å². The van der Waals surface area contributed by atoms with Crippen LogP contribution in [-0.2, 0) is 71.5 Å². The number of carboxylic acids is 3. The maximum absolute atomic E-state index is 12.2. The fourth-order valence-electron chi connectivity index (χ4n) is 5.20. The van der Waals surface area contributed by atoms with Gasteiger partial charge in [0, 0.05) is 70.6 Å². The highest BCUT2D eigenvalue weighted by molar-refractivity contribution is 5.70. The van der Waals surface area contributed by atoms with Crippen LogP contribution < -0.4 is 0 Å². The van der Waals surface area contributed by atoms with Crippen molar-refractivity contribution in [3.05, 3.63) is 0 Å². The van der Waals surface area contributed by atoms with Crippen molar-refractivity contribution < 1.29 is 92.3 Å². The molecule has 0 aromatic heterocycles. The van der Waals surface area contributed by atoms with E-state index in [0.717, 1.165) is 32.0 Å². The molecular weight excluding hydrogens is 832 g/mol. The Hall–Kier alpha value is -4.20. The molecule has 0 amide bonds. The summed E-state index contributed by atoms with van der Waals surface area (Å²) in [6.07, 6.45) is 7.39. The number of carboxylic acid groups (broad SMARTS) is 3. The number of hydrogen-bond acceptors (Lipinski definition) is 15. The number of ether oxygens (including phenoxy) is 7. The standard InChI is InChI=1S/C28H46O11.3C4H8O2.C4H8O.H2O/c1-5-9-24(29)33-16-20-13-19(37-27(32)12-8-4)15-28(38-20)39-22-14-21(17-34-25(30)10-6-2)36-23(22)18-35-26(31)11-7-3;3*1-2-3-4(5)6;1-2-3-4-5;/h19-23,28H,5-18H2,1-4H3;3*2-3H2,1H3,(H,5,6);4H,2-3H2,1H3;1H2/t19-,20-,21?,22-,23+,28-;;;;;/m0...../s1. The van der Waals surface area contributed by atoms with E-state index in [2.05, 4.69) is 0 Å². The van der Waals surface area contributed by atoms with Crippen LogP contribution in [0, 0.1) is 0 Å². The maximum atomic E-state index is 12.2. The van der Waals surface area contributed by atoms with Crippen molar-refractivity contribution in [3.8, 4) is 0 Å². The molecule has 1 unspecified atom stereocenters. The first-order chi connectivity index (χ1) is 29.5. The van der Waals surface area contributed by atoms with Gasteiger partial charge in [-0.25, -0.2) is 0 Å². The lowest BCUT2D eigenvalue weighted by Gasteiger charge is -2.36. The Morgan fingerprint density at radius 3 is 1.22 bits per heavy atom. The quantitative estimate of drug-likeness (QED) is 0.0497. The second kappa shape index (κ2) is 44.4. The van der Waals surface area contributed by atoms with Crippen LogP contribution in [0.1, 0.15) is 177 Å². The highest BCUT2D eigenvalue weighted by atomic mass is 16.7. The average molecular weight is 913 g/mol. The molecule has 2 aliphatic heterocycles. The lowest BCUT2D eigenvalue weighted by atomic mass is 10.0. The predicted molar refractivity (Wildman–Crippen MR) is 231 cm³/mol. The Bertz CT molecular complexity index is 1190. The van der Waals surface area contributed by atoms with Crippen LogP contribution in [0.25, 0.3) is 0 Å². The third kappa shape index (κ3) is 41.6. The molecule has 2 aliphatic rings. The monoisotopic (exact) mass is 913 g/mol. The Morgan fingerprint density at radius 1 is 0.508 bits per heavy atom. The summed E-state index contributed by atoms with van der Waals surface area (Å²) in [7, 11) is 0. The molecule has 370 valence electrons. The molecule has 6 atom stereocenters. The largest absolute Gasteiger partial charge is 0.481 e. The molecule has 0 spiro atoms. The van der Waals surface area contributed by atoms with Crippen LogP contribution in [-0.4, -0.2) is 125 Å². The van der Waals surface area contributed by atoms with E-state index in [9.17, 15) is 38.4 Å². The Balaban J connectivity index is -0.000000590. The molecule has 2 heterocycles. The van der Waals surface area contributed by atoms with Crippen LogP contribution in [0.4, 0.5) is 0 Å². The molecule has 0 aromatic carbocycles. The van der Waals surface area contributed by atoms with Gasteiger partial charge in [-0.15, -0.1) is 0 Å². The van der Waals surface area contributed by atoms with Gasteiger partial charge in [-0.05, 0) is 51.4 Å². The Kier molecular flexibility index (Phi) is 46.1. The average Bonchev–Trinajstić information content (AvgIpc) is 3.58. The molecule has 2 fully saturated rings. The summed E-state index contributed by atoms with van der Waals surface area (Å²) in [4.78, 5) is 86.1. The second-order valence-electron chi connectivity index (χ2n) is 14.4. The molecule has 0 aromatic rings. The summed E-state index contributed by atoms with van der Waals surface area (Å²) in [5, 5.41) is 23.7. The number of carbonyl (C=O) groups excluding carboxylic acids is 5. The first-order valence-electron chi connectivity index (χ1n) is 22.2. The topological polar surface area (TPSA) is 293 Å². The number of carbonyl (C=O) groups is 8. The maximum Gasteiger partial charge on any atom is 0.306 e. The van der Waals surface area contributed by atoms with Crippen molar-refractivity contribution in [1.82, 2.24) is 0 Å². The summed E-state index contributed by atoms with van der Waals surface area (Å²) >= 11 is 0. The summed E-state index contributed by atoms with van der Waals surface area (Å²) in [6, 6.07) is 0. The van der Waals surface area contributed by atoms with Crippen LogP contribution >= 0.6 is 0 Å². The van der Waals surface area contributed by atoms with E-state index in [-0.39, 0.29) is 49.2 Å². The van der Waals surface area contributed by atoms with E-state index >= 15 is 0 Å². The molecule has 0 radical (unpaired) electrons. The van der Waals surface area contributed by atoms with Gasteiger partial charge in [-0.3, -0.25) is 33.6 Å². The molecule has 19 nitrogen and oxygen atoms in total. The third-order valence-electron chi connectivity index (χ3n) is 8.11. The molecule has 0 bridgehead atoms. The molecule has 2 saturated heterocycles. The van der Waals surface area contributed by atoms with Gasteiger partial charge >= 0.3 is 41.8 Å². The van der Waals surface area contributed by atoms with E-state index in [1.807, 2.05) is 55.4 Å². The van der Waals surface area contributed by atoms with E-state index in [4.69, 9.17) is 48.5 Å². The minimum Gasteiger partial charge on any atom is -0.481 e. The SMILES string of the molecule is CCCC(=O)O.CCCC(=O)O.CCCC(=O)O.CCCC(=O)OCC1C[C@H](O[C@H]2C[C@@H](OC(=O)CCC)C[C@@H](COC(=O)CCC)O2)[C@@H](COC(=O)CCC)O1.CCCC=O.O. The summed E-state index contributed by atoms with van der Waals surface area (Å²) in [5.74, 6) is -3.38. The number of hydrogen-bond donors (Lipinski definition) is 3. The van der Waals surface area contributed by atoms with Gasteiger partial charge in [-0.2, -0.15) is 0 Å². The molecule has 63 heavy (non-hydrogen) atoms.